The molecule has 2 aliphatic rings. The summed E-state index contributed by atoms with van der Waals surface area (Å²) in [6, 6.07) is 15.2. The lowest BCUT2D eigenvalue weighted by molar-refractivity contribution is 0.391. The summed E-state index contributed by atoms with van der Waals surface area (Å²) in [4.78, 5) is 9.13. The number of hydrogen-bond acceptors (Lipinski definition) is 5. The number of nitrogens with zero attached hydrogens (tertiary/aromatic N) is 3. The van der Waals surface area contributed by atoms with Crippen molar-refractivity contribution >= 4 is 49.9 Å². The van der Waals surface area contributed by atoms with Gasteiger partial charge in [0.05, 0.1) is 10.5 Å². The number of fused-ring (bicyclic) bond motifs is 1. The molecule has 1 aromatic heterocycles. The Kier molecular flexibility index (Phi) is 6.54. The molecule has 1 heterocycles. The monoisotopic (exact) mass is 570 g/mol. The van der Waals surface area contributed by atoms with Crippen LogP contribution in [0.1, 0.15) is 37.1 Å². The normalized spacial score (nSPS) is 15.8. The molecule has 2 aliphatic carbocycles. The summed E-state index contributed by atoms with van der Waals surface area (Å²) < 4.78 is 43.6. The van der Waals surface area contributed by atoms with Crippen LogP contribution in [0.5, 0.6) is 0 Å². The van der Waals surface area contributed by atoms with E-state index >= 15 is 4.39 Å². The van der Waals surface area contributed by atoms with Crippen LogP contribution < -0.4 is 5.32 Å². The predicted octanol–water partition coefficient (Wildman–Crippen LogP) is 6.98. The fraction of sp³-hybridized carbons (Fsp3) is 0.286. The molecule has 0 radical (unpaired) electrons. The smallest absolute Gasteiger partial charge is 0.245 e. The quantitative estimate of drug-likeness (QED) is 0.247. The number of anilines is 1. The molecule has 38 heavy (non-hydrogen) atoms. The van der Waals surface area contributed by atoms with Crippen LogP contribution >= 0.6 is 23.2 Å². The van der Waals surface area contributed by atoms with Gasteiger partial charge in [-0.05, 0) is 86.2 Å². The van der Waals surface area contributed by atoms with Crippen LogP contribution in [0.25, 0.3) is 22.0 Å². The van der Waals surface area contributed by atoms with Crippen LogP contribution in [-0.4, -0.2) is 34.8 Å². The largest absolute Gasteiger partial charge is 0.367 e. The number of aromatic nitrogens is 2. The Labute approximate surface area is 230 Å². The minimum atomic E-state index is -3.97. The molecule has 196 valence electrons. The van der Waals surface area contributed by atoms with Gasteiger partial charge in [0.25, 0.3) is 0 Å². The van der Waals surface area contributed by atoms with Crippen LogP contribution in [0.3, 0.4) is 0 Å². The van der Waals surface area contributed by atoms with E-state index in [1.807, 2.05) is 25.1 Å². The predicted molar refractivity (Wildman–Crippen MR) is 149 cm³/mol. The van der Waals surface area contributed by atoms with Crippen molar-refractivity contribution < 1.29 is 12.8 Å². The van der Waals surface area contributed by atoms with Gasteiger partial charge in [0.15, 0.2) is 0 Å². The molecule has 3 aromatic carbocycles. The average molecular weight is 572 g/mol. The molecule has 2 fully saturated rings. The highest BCUT2D eigenvalue weighted by atomic mass is 35.5. The second-order valence-corrected chi connectivity index (χ2v) is 12.6. The summed E-state index contributed by atoms with van der Waals surface area (Å²) in [5, 5.41) is 4.76. The van der Waals surface area contributed by atoms with Gasteiger partial charge in [0.1, 0.15) is 22.4 Å². The van der Waals surface area contributed by atoms with Crippen LogP contribution in [0.2, 0.25) is 10.0 Å². The first-order chi connectivity index (χ1) is 18.2. The SMILES string of the molecule is Cc1nc(NC2CC2)c2cc(-c3ccc(F)c(CN(C4CC4)S(=O)(=O)c4ccc(Cl)cc4Cl)c3)ccc2n1. The molecule has 0 bridgehead atoms. The Morgan fingerprint density at radius 2 is 1.71 bits per heavy atom. The van der Waals surface area contributed by atoms with Crippen molar-refractivity contribution in [1.29, 1.82) is 0 Å². The van der Waals surface area contributed by atoms with Gasteiger partial charge in [-0.2, -0.15) is 4.31 Å². The molecule has 1 N–H and O–H groups in total. The van der Waals surface area contributed by atoms with E-state index in [1.54, 1.807) is 12.1 Å². The van der Waals surface area contributed by atoms with Gasteiger partial charge in [-0.15, -0.1) is 0 Å². The van der Waals surface area contributed by atoms with E-state index in [-0.39, 0.29) is 22.5 Å². The molecule has 0 atom stereocenters. The summed E-state index contributed by atoms with van der Waals surface area (Å²) in [5.74, 6) is 1.03. The van der Waals surface area contributed by atoms with Gasteiger partial charge in [0, 0.05) is 34.6 Å². The van der Waals surface area contributed by atoms with Crippen molar-refractivity contribution in [2.75, 3.05) is 5.32 Å². The fourth-order valence-corrected chi connectivity index (χ4v) is 6.99. The summed E-state index contributed by atoms with van der Waals surface area (Å²) in [5.41, 5.74) is 2.77. The molecule has 0 unspecified atom stereocenters. The van der Waals surface area contributed by atoms with Crippen molar-refractivity contribution in [1.82, 2.24) is 14.3 Å². The Balaban J connectivity index is 1.36. The van der Waals surface area contributed by atoms with E-state index in [0.717, 1.165) is 40.7 Å². The van der Waals surface area contributed by atoms with E-state index in [2.05, 4.69) is 15.3 Å². The first kappa shape index (κ1) is 25.5. The van der Waals surface area contributed by atoms with Gasteiger partial charge in [-0.3, -0.25) is 0 Å². The molecule has 0 spiro atoms. The highest BCUT2D eigenvalue weighted by molar-refractivity contribution is 7.89. The first-order valence-corrected chi connectivity index (χ1v) is 14.7. The maximum atomic E-state index is 15.1. The molecule has 0 amide bonds. The lowest BCUT2D eigenvalue weighted by atomic mass is 10.0. The Hall–Kier alpha value is -2.78. The zero-order valence-corrected chi connectivity index (χ0v) is 22.9. The molecule has 6 rings (SSSR count). The molecule has 0 aliphatic heterocycles. The lowest BCUT2D eigenvalue weighted by Crippen LogP contribution is -2.33. The lowest BCUT2D eigenvalue weighted by Gasteiger charge is -2.23. The highest BCUT2D eigenvalue weighted by Gasteiger charge is 2.39. The third-order valence-electron chi connectivity index (χ3n) is 6.87. The van der Waals surface area contributed by atoms with Crippen molar-refractivity contribution in [3.8, 4) is 11.1 Å². The van der Waals surface area contributed by atoms with E-state index < -0.39 is 15.8 Å². The maximum absolute atomic E-state index is 15.1. The number of nitrogens with one attached hydrogen (secondary N) is 1. The summed E-state index contributed by atoms with van der Waals surface area (Å²) in [6.45, 7) is 1.77. The third-order valence-corrected chi connectivity index (χ3v) is 9.48. The first-order valence-electron chi connectivity index (χ1n) is 12.5. The van der Waals surface area contributed by atoms with Crippen molar-refractivity contribution in [2.24, 2.45) is 0 Å². The van der Waals surface area contributed by atoms with Crippen molar-refractivity contribution in [3.05, 3.63) is 81.8 Å². The van der Waals surface area contributed by atoms with Crippen LogP contribution in [-0.2, 0) is 16.6 Å². The number of aryl methyl sites for hydroxylation is 1. The summed E-state index contributed by atoms with van der Waals surface area (Å²) in [7, 11) is -3.97. The number of benzene rings is 3. The number of rotatable bonds is 8. The Bertz CT molecular complexity index is 1670. The highest BCUT2D eigenvalue weighted by Crippen LogP contribution is 2.37. The van der Waals surface area contributed by atoms with Crippen LogP contribution in [0.4, 0.5) is 10.2 Å². The molecule has 6 nitrogen and oxygen atoms in total. The molecule has 0 saturated heterocycles. The van der Waals surface area contributed by atoms with Gasteiger partial charge >= 0.3 is 0 Å². The number of hydrogen-bond donors (Lipinski definition) is 1. The van der Waals surface area contributed by atoms with E-state index in [4.69, 9.17) is 23.2 Å². The van der Waals surface area contributed by atoms with Crippen LogP contribution in [0, 0.1) is 12.7 Å². The van der Waals surface area contributed by atoms with Gasteiger partial charge < -0.3 is 5.32 Å². The zero-order valence-electron chi connectivity index (χ0n) is 20.6. The minimum absolute atomic E-state index is 0.0347. The topological polar surface area (TPSA) is 75.2 Å². The molecule has 10 heteroatoms. The number of halogens is 3. The van der Waals surface area contributed by atoms with E-state index in [9.17, 15) is 8.42 Å². The standard InChI is InChI=1S/C28H25Cl2FN4O2S/c1-16-32-26-10-3-18(13-23(26)28(33-16)34-21-5-6-21)17-2-9-25(31)19(12-17)15-35(22-7-8-22)38(36,37)27-11-4-20(29)14-24(27)30/h2-4,9-14,21-22H,5-8,15H2,1H3,(H,32,33,34). The number of sulfonamides is 1. The Morgan fingerprint density at radius 1 is 0.974 bits per heavy atom. The summed E-state index contributed by atoms with van der Waals surface area (Å²) >= 11 is 12.2. The molecular weight excluding hydrogens is 546 g/mol. The summed E-state index contributed by atoms with van der Waals surface area (Å²) in [6.07, 6.45) is 3.67. The molecule has 2 saturated carbocycles. The molecule has 4 aromatic rings. The average Bonchev–Trinajstić information content (AvgIpc) is 3.79. The fourth-order valence-electron chi connectivity index (χ4n) is 4.58. The molecular formula is C28H25Cl2FN4O2S. The minimum Gasteiger partial charge on any atom is -0.367 e. The van der Waals surface area contributed by atoms with E-state index in [0.29, 0.717) is 35.3 Å². The second kappa shape index (κ2) is 9.75. The Morgan fingerprint density at radius 3 is 2.42 bits per heavy atom. The third kappa shape index (κ3) is 5.10. The zero-order chi connectivity index (χ0) is 26.6. The van der Waals surface area contributed by atoms with Crippen molar-refractivity contribution in [3.63, 3.8) is 0 Å². The van der Waals surface area contributed by atoms with Crippen molar-refractivity contribution in [2.45, 2.75) is 56.1 Å². The van der Waals surface area contributed by atoms with Gasteiger partial charge in [-0.25, -0.2) is 22.8 Å². The van der Waals surface area contributed by atoms with Crippen LogP contribution in [0.15, 0.2) is 59.5 Å². The maximum Gasteiger partial charge on any atom is 0.245 e. The van der Waals surface area contributed by atoms with Gasteiger partial charge in [0.2, 0.25) is 10.0 Å². The van der Waals surface area contributed by atoms with Gasteiger partial charge in [-0.1, -0.05) is 35.3 Å². The second-order valence-electron chi connectivity index (χ2n) is 9.93. The van der Waals surface area contributed by atoms with E-state index in [1.165, 1.54) is 28.6 Å².